The summed E-state index contributed by atoms with van der Waals surface area (Å²) in [6.07, 6.45) is 0. The van der Waals surface area contributed by atoms with Gasteiger partial charge in [-0.05, 0) is 17.7 Å². The monoisotopic (exact) mass is 208 g/mol. The zero-order valence-corrected chi connectivity index (χ0v) is 8.08. The Morgan fingerprint density at radius 2 is 2.29 bits per heavy atom. The molecular formula is C9H8N2O2S. The van der Waals surface area contributed by atoms with E-state index in [9.17, 15) is 4.79 Å². The van der Waals surface area contributed by atoms with Crippen LogP contribution in [0.4, 0.5) is 0 Å². The van der Waals surface area contributed by atoms with Crippen molar-refractivity contribution in [3.63, 3.8) is 0 Å². The van der Waals surface area contributed by atoms with Crippen LogP contribution in [0.1, 0.15) is 21.5 Å². The number of thiol groups is 1. The normalized spacial score (nSPS) is 9.50. The number of aromatic carboxylic acids is 1. The van der Waals surface area contributed by atoms with Crippen molar-refractivity contribution in [1.82, 2.24) is 0 Å². The minimum absolute atomic E-state index is 0.0628. The molecule has 14 heavy (non-hydrogen) atoms. The number of nitriles is 1. The maximum absolute atomic E-state index is 10.7. The summed E-state index contributed by atoms with van der Waals surface area (Å²) in [5.41, 5.74) is 6.30. The van der Waals surface area contributed by atoms with Crippen molar-refractivity contribution in [3.05, 3.63) is 28.8 Å². The molecule has 0 bridgehead atoms. The number of nitrogens with two attached hydrogens (primary N) is 1. The van der Waals surface area contributed by atoms with Gasteiger partial charge in [-0.1, -0.05) is 0 Å². The lowest BCUT2D eigenvalue weighted by atomic mass is 10.0. The fourth-order valence-corrected chi connectivity index (χ4v) is 1.50. The Morgan fingerprint density at radius 1 is 1.64 bits per heavy atom. The van der Waals surface area contributed by atoms with Crippen molar-refractivity contribution in [1.29, 1.82) is 5.26 Å². The topological polar surface area (TPSA) is 87.1 Å². The molecule has 0 saturated carbocycles. The van der Waals surface area contributed by atoms with E-state index in [2.05, 4.69) is 12.6 Å². The van der Waals surface area contributed by atoms with E-state index in [-0.39, 0.29) is 17.0 Å². The maximum atomic E-state index is 10.7. The Labute approximate surface area is 86.4 Å². The number of benzene rings is 1. The van der Waals surface area contributed by atoms with Crippen LogP contribution in [-0.2, 0) is 6.54 Å². The summed E-state index contributed by atoms with van der Waals surface area (Å²) in [4.78, 5) is 11.0. The third kappa shape index (κ3) is 1.71. The highest BCUT2D eigenvalue weighted by Gasteiger charge is 2.13. The summed E-state index contributed by atoms with van der Waals surface area (Å²) in [6, 6.07) is 4.72. The second kappa shape index (κ2) is 4.13. The molecule has 3 N–H and O–H groups in total. The molecule has 0 saturated heterocycles. The number of carbonyl (C=O) groups is 1. The summed E-state index contributed by atoms with van der Waals surface area (Å²) in [5.74, 6) is -1.07. The summed E-state index contributed by atoms with van der Waals surface area (Å²) in [5, 5.41) is 17.5. The van der Waals surface area contributed by atoms with Gasteiger partial charge in [-0.3, -0.25) is 0 Å². The fraction of sp³-hybridized carbons (Fsp3) is 0.111. The molecule has 0 unspecified atom stereocenters. The Balaban J connectivity index is 3.44. The predicted molar refractivity (Wildman–Crippen MR) is 53.3 cm³/mol. The number of rotatable bonds is 2. The molecule has 0 heterocycles. The van der Waals surface area contributed by atoms with Crippen LogP contribution in [0.2, 0.25) is 0 Å². The van der Waals surface area contributed by atoms with Crippen LogP contribution in [0.25, 0.3) is 0 Å². The first kappa shape index (κ1) is 10.6. The molecule has 0 aromatic heterocycles. The molecule has 0 aliphatic rings. The van der Waals surface area contributed by atoms with Gasteiger partial charge in [0.05, 0.1) is 17.2 Å². The van der Waals surface area contributed by atoms with Gasteiger partial charge in [0.1, 0.15) is 0 Å². The van der Waals surface area contributed by atoms with E-state index in [0.29, 0.717) is 11.1 Å². The second-order valence-electron chi connectivity index (χ2n) is 2.61. The predicted octanol–water partition coefficient (Wildman–Crippen LogP) is 1.00. The van der Waals surface area contributed by atoms with E-state index < -0.39 is 5.97 Å². The molecule has 0 radical (unpaired) electrons. The average Bonchev–Trinajstić information content (AvgIpc) is 2.16. The van der Waals surface area contributed by atoms with Crippen LogP contribution < -0.4 is 5.73 Å². The summed E-state index contributed by atoms with van der Waals surface area (Å²) < 4.78 is 0. The van der Waals surface area contributed by atoms with Crippen molar-refractivity contribution in [2.75, 3.05) is 0 Å². The van der Waals surface area contributed by atoms with Crippen molar-refractivity contribution < 1.29 is 9.90 Å². The number of carboxylic acid groups (broad SMARTS) is 1. The van der Waals surface area contributed by atoms with Crippen molar-refractivity contribution >= 4 is 18.6 Å². The van der Waals surface area contributed by atoms with E-state index in [1.165, 1.54) is 12.1 Å². The zero-order valence-electron chi connectivity index (χ0n) is 7.19. The van der Waals surface area contributed by atoms with Gasteiger partial charge in [-0.15, -0.1) is 12.6 Å². The second-order valence-corrected chi connectivity index (χ2v) is 3.06. The SMILES string of the molecule is N#Cc1ccc(C(=O)O)c(S)c1CN. The van der Waals surface area contributed by atoms with Crippen LogP contribution in [0.3, 0.4) is 0 Å². The Morgan fingerprint density at radius 3 is 2.71 bits per heavy atom. The first-order chi connectivity index (χ1) is 6.61. The van der Waals surface area contributed by atoms with E-state index in [1.807, 2.05) is 6.07 Å². The van der Waals surface area contributed by atoms with Crippen LogP contribution in [0, 0.1) is 11.3 Å². The van der Waals surface area contributed by atoms with Crippen molar-refractivity contribution in [2.45, 2.75) is 11.4 Å². The highest BCUT2D eigenvalue weighted by molar-refractivity contribution is 7.80. The van der Waals surface area contributed by atoms with Crippen molar-refractivity contribution in [2.24, 2.45) is 5.73 Å². The third-order valence-corrected chi connectivity index (χ3v) is 2.35. The molecule has 0 aliphatic carbocycles. The van der Waals surface area contributed by atoms with Gasteiger partial charge in [0.25, 0.3) is 0 Å². The quantitative estimate of drug-likeness (QED) is 0.633. The molecule has 5 heteroatoms. The standard InChI is InChI=1S/C9H8N2O2S/c10-3-5-1-2-6(9(12)13)8(14)7(5)4-11/h1-2,14H,4,11H2,(H,12,13). The van der Waals surface area contributed by atoms with Gasteiger partial charge >= 0.3 is 5.97 Å². The van der Waals surface area contributed by atoms with Crippen LogP contribution in [0.5, 0.6) is 0 Å². The van der Waals surface area contributed by atoms with Crippen LogP contribution in [0.15, 0.2) is 17.0 Å². The Hall–Kier alpha value is -1.51. The largest absolute Gasteiger partial charge is 0.478 e. The lowest BCUT2D eigenvalue weighted by Gasteiger charge is -2.07. The Bertz CT molecular complexity index is 424. The number of hydrogen-bond acceptors (Lipinski definition) is 4. The van der Waals surface area contributed by atoms with Crippen LogP contribution >= 0.6 is 12.6 Å². The number of hydrogen-bond donors (Lipinski definition) is 3. The Kier molecular flexibility index (Phi) is 3.12. The molecule has 0 atom stereocenters. The zero-order chi connectivity index (χ0) is 10.7. The molecule has 0 spiro atoms. The smallest absolute Gasteiger partial charge is 0.336 e. The van der Waals surface area contributed by atoms with E-state index in [4.69, 9.17) is 16.1 Å². The molecule has 1 aromatic rings. The van der Waals surface area contributed by atoms with Gasteiger partial charge in [0.15, 0.2) is 0 Å². The molecule has 0 aliphatic heterocycles. The average molecular weight is 208 g/mol. The van der Waals surface area contributed by atoms with Gasteiger partial charge in [0, 0.05) is 11.4 Å². The highest BCUT2D eigenvalue weighted by atomic mass is 32.1. The minimum atomic E-state index is -1.07. The highest BCUT2D eigenvalue weighted by Crippen LogP contribution is 2.22. The lowest BCUT2D eigenvalue weighted by molar-refractivity contribution is 0.0693. The summed E-state index contributed by atoms with van der Waals surface area (Å²) >= 11 is 4.04. The van der Waals surface area contributed by atoms with E-state index in [0.717, 1.165) is 0 Å². The summed E-state index contributed by atoms with van der Waals surface area (Å²) in [6.45, 7) is 0.100. The lowest BCUT2D eigenvalue weighted by Crippen LogP contribution is -2.06. The van der Waals surface area contributed by atoms with Gasteiger partial charge in [-0.25, -0.2) is 4.79 Å². The molecule has 4 nitrogen and oxygen atoms in total. The molecular weight excluding hydrogens is 200 g/mol. The third-order valence-electron chi connectivity index (χ3n) is 1.84. The number of carboxylic acids is 1. The summed E-state index contributed by atoms with van der Waals surface area (Å²) in [7, 11) is 0. The van der Waals surface area contributed by atoms with Gasteiger partial charge in [0.2, 0.25) is 0 Å². The first-order valence-corrected chi connectivity index (χ1v) is 4.24. The van der Waals surface area contributed by atoms with Gasteiger partial charge < -0.3 is 10.8 Å². The molecule has 1 aromatic carbocycles. The maximum Gasteiger partial charge on any atom is 0.336 e. The number of nitrogens with zero attached hydrogens (tertiary/aromatic N) is 1. The molecule has 72 valence electrons. The molecule has 0 fully saturated rings. The fourth-order valence-electron chi connectivity index (χ4n) is 1.12. The van der Waals surface area contributed by atoms with Crippen LogP contribution in [-0.4, -0.2) is 11.1 Å². The minimum Gasteiger partial charge on any atom is -0.478 e. The first-order valence-electron chi connectivity index (χ1n) is 3.80. The molecule has 0 amide bonds. The molecule has 1 rings (SSSR count). The van der Waals surface area contributed by atoms with Gasteiger partial charge in [-0.2, -0.15) is 5.26 Å². The van der Waals surface area contributed by atoms with E-state index >= 15 is 0 Å². The van der Waals surface area contributed by atoms with Crippen molar-refractivity contribution in [3.8, 4) is 6.07 Å². The van der Waals surface area contributed by atoms with E-state index in [1.54, 1.807) is 0 Å².